The molecule has 3 aromatic rings. The van der Waals surface area contributed by atoms with Crippen LogP contribution >= 0.6 is 0 Å². The number of aromatic hydroxyl groups is 1. The average Bonchev–Trinajstić information content (AvgIpc) is 2.71. The zero-order valence-corrected chi connectivity index (χ0v) is 19.3. The van der Waals surface area contributed by atoms with E-state index < -0.39 is 5.60 Å². The monoisotopic (exact) mass is 434 g/mol. The highest BCUT2D eigenvalue weighted by Gasteiger charge is 2.29. The van der Waals surface area contributed by atoms with E-state index in [1.807, 2.05) is 52.8 Å². The van der Waals surface area contributed by atoms with E-state index in [0.29, 0.717) is 35.5 Å². The molecule has 7 heteroatoms. The minimum absolute atomic E-state index is 0.0770. The first kappa shape index (κ1) is 22.0. The molecule has 1 unspecified atom stereocenters. The fourth-order valence-electron chi connectivity index (χ4n) is 4.24. The molecule has 1 aliphatic heterocycles. The highest BCUT2D eigenvalue weighted by atomic mass is 16.6. The molecule has 0 radical (unpaired) electrons. The number of pyridine rings is 1. The normalized spacial score (nSPS) is 16.9. The molecule has 32 heavy (non-hydrogen) atoms. The van der Waals surface area contributed by atoms with Crippen LogP contribution in [-0.4, -0.2) is 49.7 Å². The SMILES string of the molecule is Cc1cc(C)c(-c2ccc3ncc(C4CCCN(C(=O)OC(C)(C)C)C4)nc3n2)c(O)c1. The second-order valence-corrected chi connectivity index (χ2v) is 9.58. The van der Waals surface area contributed by atoms with Crippen molar-refractivity contribution in [2.45, 2.75) is 59.0 Å². The van der Waals surface area contributed by atoms with E-state index in [-0.39, 0.29) is 17.8 Å². The van der Waals surface area contributed by atoms with Gasteiger partial charge >= 0.3 is 6.09 Å². The maximum atomic E-state index is 12.5. The Hall–Kier alpha value is -3.22. The molecule has 0 bridgehead atoms. The number of hydrogen-bond acceptors (Lipinski definition) is 6. The van der Waals surface area contributed by atoms with E-state index in [9.17, 15) is 9.90 Å². The summed E-state index contributed by atoms with van der Waals surface area (Å²) in [6, 6.07) is 7.50. The van der Waals surface area contributed by atoms with Gasteiger partial charge in [-0.3, -0.25) is 4.98 Å². The van der Waals surface area contributed by atoms with E-state index in [1.54, 1.807) is 17.2 Å². The number of benzene rings is 1. The lowest BCUT2D eigenvalue weighted by molar-refractivity contribution is 0.0197. The highest BCUT2D eigenvalue weighted by molar-refractivity contribution is 5.78. The number of nitrogens with zero attached hydrogens (tertiary/aromatic N) is 4. The van der Waals surface area contributed by atoms with Gasteiger partial charge in [0.25, 0.3) is 0 Å². The predicted molar refractivity (Wildman–Crippen MR) is 124 cm³/mol. The number of piperidine rings is 1. The molecule has 3 heterocycles. The zero-order chi connectivity index (χ0) is 23.0. The third-order valence-electron chi connectivity index (χ3n) is 5.63. The maximum Gasteiger partial charge on any atom is 0.410 e. The molecular formula is C25H30N4O3. The van der Waals surface area contributed by atoms with Crippen LogP contribution in [0, 0.1) is 13.8 Å². The summed E-state index contributed by atoms with van der Waals surface area (Å²) in [5, 5.41) is 10.5. The Morgan fingerprint density at radius 2 is 1.97 bits per heavy atom. The van der Waals surface area contributed by atoms with Crippen LogP contribution in [0.2, 0.25) is 0 Å². The van der Waals surface area contributed by atoms with Gasteiger partial charge in [-0.05, 0) is 76.8 Å². The molecule has 1 aromatic carbocycles. The predicted octanol–water partition coefficient (Wildman–Crippen LogP) is 5.13. The van der Waals surface area contributed by atoms with Gasteiger partial charge in [-0.15, -0.1) is 0 Å². The minimum atomic E-state index is -0.521. The third kappa shape index (κ3) is 4.66. The van der Waals surface area contributed by atoms with Crippen LogP contribution < -0.4 is 0 Å². The van der Waals surface area contributed by atoms with Gasteiger partial charge in [-0.1, -0.05) is 6.07 Å². The highest BCUT2D eigenvalue weighted by Crippen LogP contribution is 2.33. The summed E-state index contributed by atoms with van der Waals surface area (Å²) in [7, 11) is 0. The molecule has 1 fully saturated rings. The first-order chi connectivity index (χ1) is 15.1. The van der Waals surface area contributed by atoms with E-state index in [0.717, 1.165) is 29.7 Å². The fourth-order valence-corrected chi connectivity index (χ4v) is 4.24. The summed E-state index contributed by atoms with van der Waals surface area (Å²) in [4.78, 5) is 28.3. The summed E-state index contributed by atoms with van der Waals surface area (Å²) in [6.45, 7) is 10.8. The fraction of sp³-hybridized carbons (Fsp3) is 0.440. The van der Waals surface area contributed by atoms with Gasteiger partial charge in [0.15, 0.2) is 5.65 Å². The van der Waals surface area contributed by atoms with Crippen molar-refractivity contribution in [3.8, 4) is 17.0 Å². The number of carbonyl (C=O) groups is 1. The van der Waals surface area contributed by atoms with Gasteiger partial charge in [-0.25, -0.2) is 14.8 Å². The molecule has 1 amide bonds. The number of hydrogen-bond donors (Lipinski definition) is 1. The molecule has 4 rings (SSSR count). The van der Waals surface area contributed by atoms with E-state index in [1.165, 1.54) is 0 Å². The molecule has 0 spiro atoms. The van der Waals surface area contributed by atoms with Crippen LogP contribution in [0.15, 0.2) is 30.5 Å². The Bertz CT molecular complexity index is 1150. The van der Waals surface area contributed by atoms with Gasteiger partial charge in [0.1, 0.15) is 16.9 Å². The number of phenolic OH excluding ortho intramolecular Hbond substituents is 1. The van der Waals surface area contributed by atoms with E-state index in [2.05, 4.69) is 4.98 Å². The van der Waals surface area contributed by atoms with Crippen molar-refractivity contribution in [3.63, 3.8) is 0 Å². The van der Waals surface area contributed by atoms with Gasteiger partial charge in [-0.2, -0.15) is 0 Å². The standard InChI is InChI=1S/C25H30N4O3/c1-15-11-16(2)22(21(30)12-15)18-8-9-19-23(27-18)28-20(13-26-19)17-7-6-10-29(14-17)24(31)32-25(3,4)5/h8-9,11-13,17,30H,6-7,10,14H2,1-5H3. The summed E-state index contributed by atoms with van der Waals surface area (Å²) >= 11 is 0. The van der Waals surface area contributed by atoms with Crippen molar-refractivity contribution in [3.05, 3.63) is 47.3 Å². The minimum Gasteiger partial charge on any atom is -0.507 e. The number of aryl methyl sites for hydroxylation is 2. The zero-order valence-electron chi connectivity index (χ0n) is 19.3. The van der Waals surface area contributed by atoms with Crippen LogP contribution in [0.3, 0.4) is 0 Å². The quantitative estimate of drug-likeness (QED) is 0.602. The van der Waals surface area contributed by atoms with Crippen LogP contribution in [0.25, 0.3) is 22.4 Å². The molecule has 1 N–H and O–H groups in total. The smallest absolute Gasteiger partial charge is 0.410 e. The maximum absolute atomic E-state index is 12.5. The van der Waals surface area contributed by atoms with Crippen molar-refractivity contribution in [2.24, 2.45) is 0 Å². The van der Waals surface area contributed by atoms with Crippen LogP contribution in [0.5, 0.6) is 5.75 Å². The third-order valence-corrected chi connectivity index (χ3v) is 5.63. The first-order valence-corrected chi connectivity index (χ1v) is 11.0. The number of ether oxygens (including phenoxy) is 1. The molecule has 0 aliphatic carbocycles. The van der Waals surface area contributed by atoms with Crippen molar-refractivity contribution < 1.29 is 14.6 Å². The lowest BCUT2D eigenvalue weighted by atomic mass is 9.95. The summed E-state index contributed by atoms with van der Waals surface area (Å²) in [5.74, 6) is 0.284. The Kier molecular flexibility index (Phi) is 5.75. The molecule has 0 saturated carbocycles. The van der Waals surface area contributed by atoms with Gasteiger partial charge < -0.3 is 14.7 Å². The van der Waals surface area contributed by atoms with Crippen LogP contribution in [0.1, 0.15) is 56.4 Å². The van der Waals surface area contributed by atoms with Gasteiger partial charge in [0, 0.05) is 30.8 Å². The van der Waals surface area contributed by atoms with Crippen molar-refractivity contribution in [1.29, 1.82) is 0 Å². The molecule has 7 nitrogen and oxygen atoms in total. The molecule has 1 saturated heterocycles. The lowest BCUT2D eigenvalue weighted by Gasteiger charge is -2.33. The van der Waals surface area contributed by atoms with Gasteiger partial charge in [0.05, 0.1) is 11.4 Å². The van der Waals surface area contributed by atoms with Crippen molar-refractivity contribution in [1.82, 2.24) is 19.9 Å². The van der Waals surface area contributed by atoms with Crippen LogP contribution in [-0.2, 0) is 4.74 Å². The number of aromatic nitrogens is 3. The Balaban J connectivity index is 1.63. The number of rotatable bonds is 2. The molecule has 1 aliphatic rings. The van der Waals surface area contributed by atoms with Crippen LogP contribution in [0.4, 0.5) is 4.79 Å². The molecule has 2 aromatic heterocycles. The number of fused-ring (bicyclic) bond motifs is 1. The number of amides is 1. The summed E-state index contributed by atoms with van der Waals surface area (Å²) < 4.78 is 5.54. The molecule has 1 atom stereocenters. The lowest BCUT2D eigenvalue weighted by Crippen LogP contribution is -2.42. The second kappa shape index (κ2) is 8.37. The largest absolute Gasteiger partial charge is 0.507 e. The summed E-state index contributed by atoms with van der Waals surface area (Å²) in [6.07, 6.45) is 3.30. The van der Waals surface area contributed by atoms with E-state index in [4.69, 9.17) is 14.7 Å². The Morgan fingerprint density at radius 1 is 1.19 bits per heavy atom. The molecule has 168 valence electrons. The molecular weight excluding hydrogens is 404 g/mol. The van der Waals surface area contributed by atoms with Gasteiger partial charge in [0.2, 0.25) is 0 Å². The number of phenols is 1. The number of likely N-dealkylation sites (tertiary alicyclic amines) is 1. The number of carbonyl (C=O) groups excluding carboxylic acids is 1. The Labute approximate surface area is 188 Å². The average molecular weight is 435 g/mol. The second-order valence-electron chi connectivity index (χ2n) is 9.58. The van der Waals surface area contributed by atoms with E-state index >= 15 is 0 Å². The topological polar surface area (TPSA) is 88.4 Å². The Morgan fingerprint density at radius 3 is 2.69 bits per heavy atom. The van der Waals surface area contributed by atoms with Crippen molar-refractivity contribution >= 4 is 17.3 Å². The van der Waals surface area contributed by atoms with Crippen molar-refractivity contribution in [2.75, 3.05) is 13.1 Å². The summed E-state index contributed by atoms with van der Waals surface area (Å²) in [5.41, 5.74) is 4.86. The first-order valence-electron chi connectivity index (χ1n) is 11.0.